The number of fused-ring (bicyclic) bond motifs is 1. The Hall–Kier alpha value is -0.480. The van der Waals surface area contributed by atoms with Crippen LogP contribution in [-0.4, -0.2) is 6.79 Å². The van der Waals surface area contributed by atoms with Gasteiger partial charge in [0.2, 0.25) is 0 Å². The van der Waals surface area contributed by atoms with Gasteiger partial charge in [-0.3, -0.25) is 0 Å². The maximum atomic E-state index is 5.89. The van der Waals surface area contributed by atoms with E-state index in [0.29, 0.717) is 25.0 Å². The number of nitrogens with two attached hydrogens (primary N) is 1. The molecule has 5 heteroatoms. The van der Waals surface area contributed by atoms with Crippen molar-refractivity contribution in [1.29, 1.82) is 0 Å². The van der Waals surface area contributed by atoms with E-state index in [1.165, 1.54) is 0 Å². The molecule has 0 aromatic heterocycles. The van der Waals surface area contributed by atoms with Gasteiger partial charge in [-0.05, 0) is 12.1 Å². The summed E-state index contributed by atoms with van der Waals surface area (Å²) in [6, 6.07) is 3.67. The molecule has 1 aromatic carbocycles. The first kappa shape index (κ1) is 11.6. The van der Waals surface area contributed by atoms with Gasteiger partial charge in [0.05, 0.1) is 6.61 Å². The van der Waals surface area contributed by atoms with Gasteiger partial charge in [-0.2, -0.15) is 0 Å². The molecule has 0 saturated carbocycles. The van der Waals surface area contributed by atoms with Crippen LogP contribution in [0.3, 0.4) is 0 Å². The Balaban J connectivity index is 0.000000980. The summed E-state index contributed by atoms with van der Waals surface area (Å²) in [5.41, 5.74) is 7.47. The molecule has 1 aliphatic rings. The van der Waals surface area contributed by atoms with E-state index < -0.39 is 0 Å². The SMILES string of the molecule is Cl.NCc1cc(Cl)cc2c1OCOC2. The summed E-state index contributed by atoms with van der Waals surface area (Å²) in [5, 5.41) is 0.674. The van der Waals surface area contributed by atoms with Crippen LogP contribution in [0.2, 0.25) is 5.02 Å². The molecule has 0 amide bonds. The predicted molar refractivity (Wildman–Crippen MR) is 56.9 cm³/mol. The van der Waals surface area contributed by atoms with Crippen molar-refractivity contribution in [3.05, 3.63) is 28.3 Å². The Kier molecular flexibility index (Phi) is 4.01. The molecular formula is C9H11Cl2NO2. The van der Waals surface area contributed by atoms with Gasteiger partial charge in [0.25, 0.3) is 0 Å². The van der Waals surface area contributed by atoms with E-state index in [1.807, 2.05) is 12.1 Å². The second kappa shape index (κ2) is 4.84. The van der Waals surface area contributed by atoms with Crippen LogP contribution in [0.5, 0.6) is 5.75 Å². The van der Waals surface area contributed by atoms with E-state index in [0.717, 1.165) is 16.9 Å². The lowest BCUT2D eigenvalue weighted by Crippen LogP contribution is -2.14. The van der Waals surface area contributed by atoms with E-state index in [-0.39, 0.29) is 12.4 Å². The van der Waals surface area contributed by atoms with Crippen molar-refractivity contribution in [2.24, 2.45) is 5.73 Å². The van der Waals surface area contributed by atoms with Crippen LogP contribution in [0.25, 0.3) is 0 Å². The predicted octanol–water partition coefficient (Wildman–Crippen LogP) is 2.09. The molecular weight excluding hydrogens is 225 g/mol. The highest BCUT2D eigenvalue weighted by molar-refractivity contribution is 6.30. The summed E-state index contributed by atoms with van der Waals surface area (Å²) in [5.74, 6) is 0.832. The number of benzene rings is 1. The minimum Gasteiger partial charge on any atom is -0.467 e. The van der Waals surface area contributed by atoms with Gasteiger partial charge >= 0.3 is 0 Å². The lowest BCUT2D eigenvalue weighted by Gasteiger charge is -2.20. The van der Waals surface area contributed by atoms with Gasteiger partial charge in [-0.15, -0.1) is 12.4 Å². The summed E-state index contributed by atoms with van der Waals surface area (Å²) < 4.78 is 10.5. The van der Waals surface area contributed by atoms with Crippen molar-refractivity contribution in [3.8, 4) is 5.75 Å². The lowest BCUT2D eigenvalue weighted by atomic mass is 10.1. The van der Waals surface area contributed by atoms with E-state index in [9.17, 15) is 0 Å². The van der Waals surface area contributed by atoms with E-state index in [1.54, 1.807) is 0 Å². The Bertz CT molecular complexity index is 314. The molecule has 0 saturated heterocycles. The van der Waals surface area contributed by atoms with Gasteiger partial charge in [0.15, 0.2) is 6.79 Å². The van der Waals surface area contributed by atoms with Crippen LogP contribution in [0, 0.1) is 0 Å². The Morgan fingerprint density at radius 3 is 2.93 bits per heavy atom. The molecule has 78 valence electrons. The molecule has 0 unspecified atom stereocenters. The standard InChI is InChI=1S/C9H10ClNO2.ClH/c10-8-1-6(3-11)9-7(2-8)4-12-5-13-9;/h1-2H,3-5,11H2;1H. The van der Waals surface area contributed by atoms with Crippen LogP contribution in [0.1, 0.15) is 11.1 Å². The average Bonchev–Trinajstić information content (AvgIpc) is 2.16. The zero-order valence-electron chi connectivity index (χ0n) is 7.46. The molecule has 2 N–H and O–H groups in total. The monoisotopic (exact) mass is 235 g/mol. The van der Waals surface area contributed by atoms with Crippen molar-refractivity contribution < 1.29 is 9.47 Å². The maximum Gasteiger partial charge on any atom is 0.189 e. The van der Waals surface area contributed by atoms with Crippen LogP contribution in [-0.2, 0) is 17.9 Å². The fourth-order valence-electron chi connectivity index (χ4n) is 1.41. The minimum atomic E-state index is 0. The largest absolute Gasteiger partial charge is 0.467 e. The van der Waals surface area contributed by atoms with E-state index in [2.05, 4.69) is 0 Å². The number of ether oxygens (including phenoxy) is 2. The summed E-state index contributed by atoms with van der Waals surface area (Å²) in [6.07, 6.45) is 0. The molecule has 0 spiro atoms. The summed E-state index contributed by atoms with van der Waals surface area (Å²) in [6.45, 7) is 1.27. The molecule has 14 heavy (non-hydrogen) atoms. The van der Waals surface area contributed by atoms with Crippen molar-refractivity contribution >= 4 is 24.0 Å². The molecule has 0 fully saturated rings. The number of hydrogen-bond donors (Lipinski definition) is 1. The topological polar surface area (TPSA) is 44.5 Å². The maximum absolute atomic E-state index is 5.89. The highest BCUT2D eigenvalue weighted by Crippen LogP contribution is 2.31. The Labute approximate surface area is 93.5 Å². The van der Waals surface area contributed by atoms with E-state index in [4.69, 9.17) is 26.8 Å². The van der Waals surface area contributed by atoms with Gasteiger partial charge < -0.3 is 15.2 Å². The van der Waals surface area contributed by atoms with Gasteiger partial charge in [-0.25, -0.2) is 0 Å². The third-order valence-corrected chi connectivity index (χ3v) is 2.19. The first-order valence-electron chi connectivity index (χ1n) is 4.03. The minimum absolute atomic E-state index is 0. The first-order chi connectivity index (χ1) is 6.31. The molecule has 1 aromatic rings. The molecule has 0 aliphatic carbocycles. The van der Waals surface area contributed by atoms with Crippen molar-refractivity contribution in [3.63, 3.8) is 0 Å². The number of hydrogen-bond acceptors (Lipinski definition) is 3. The molecule has 1 aliphatic heterocycles. The summed E-state index contributed by atoms with van der Waals surface area (Å²) >= 11 is 5.89. The highest BCUT2D eigenvalue weighted by Gasteiger charge is 2.14. The van der Waals surface area contributed by atoms with Crippen molar-refractivity contribution in [1.82, 2.24) is 0 Å². The van der Waals surface area contributed by atoms with Crippen LogP contribution in [0.15, 0.2) is 12.1 Å². The smallest absolute Gasteiger partial charge is 0.189 e. The molecule has 2 rings (SSSR count). The Morgan fingerprint density at radius 1 is 1.43 bits per heavy atom. The molecule has 0 radical (unpaired) electrons. The van der Waals surface area contributed by atoms with Gasteiger partial charge in [0, 0.05) is 22.7 Å². The van der Waals surface area contributed by atoms with Gasteiger partial charge in [0.1, 0.15) is 5.75 Å². The zero-order chi connectivity index (χ0) is 9.26. The molecule has 1 heterocycles. The van der Waals surface area contributed by atoms with Crippen molar-refractivity contribution in [2.45, 2.75) is 13.2 Å². The number of rotatable bonds is 1. The van der Waals surface area contributed by atoms with Crippen LogP contribution >= 0.6 is 24.0 Å². The fourth-order valence-corrected chi connectivity index (χ4v) is 1.67. The van der Waals surface area contributed by atoms with Gasteiger partial charge in [-0.1, -0.05) is 11.6 Å². The van der Waals surface area contributed by atoms with Crippen LogP contribution in [0.4, 0.5) is 0 Å². The molecule has 0 atom stereocenters. The third kappa shape index (κ3) is 2.12. The first-order valence-corrected chi connectivity index (χ1v) is 4.41. The fraction of sp³-hybridized carbons (Fsp3) is 0.333. The van der Waals surface area contributed by atoms with Crippen molar-refractivity contribution in [2.75, 3.05) is 6.79 Å². The van der Waals surface area contributed by atoms with Crippen LogP contribution < -0.4 is 10.5 Å². The molecule has 3 nitrogen and oxygen atoms in total. The zero-order valence-corrected chi connectivity index (χ0v) is 9.03. The number of halogens is 2. The molecule has 0 bridgehead atoms. The second-order valence-electron chi connectivity index (χ2n) is 2.87. The summed E-state index contributed by atoms with van der Waals surface area (Å²) in [4.78, 5) is 0. The third-order valence-electron chi connectivity index (χ3n) is 1.97. The average molecular weight is 236 g/mol. The summed E-state index contributed by atoms with van der Waals surface area (Å²) in [7, 11) is 0. The highest BCUT2D eigenvalue weighted by atomic mass is 35.5. The van der Waals surface area contributed by atoms with E-state index >= 15 is 0 Å². The lowest BCUT2D eigenvalue weighted by molar-refractivity contribution is -0.0170. The Morgan fingerprint density at radius 2 is 2.21 bits per heavy atom. The second-order valence-corrected chi connectivity index (χ2v) is 3.30. The quantitative estimate of drug-likeness (QED) is 0.811. The normalized spacial score (nSPS) is 13.9.